The van der Waals surface area contributed by atoms with Crippen molar-refractivity contribution in [2.45, 2.75) is 66.3 Å². The minimum Gasteiger partial charge on any atom is -0.327 e. The van der Waals surface area contributed by atoms with Crippen LogP contribution in [-0.2, 0) is 12.8 Å². The third-order valence-electron chi connectivity index (χ3n) is 3.05. The number of nitrogens with two attached hydrogens (primary N) is 1. The Hall–Kier alpha value is -0.960. The summed E-state index contributed by atoms with van der Waals surface area (Å²) in [7, 11) is 0. The summed E-state index contributed by atoms with van der Waals surface area (Å²) in [5, 5.41) is 0. The van der Waals surface area contributed by atoms with E-state index in [2.05, 4.69) is 43.7 Å². The van der Waals surface area contributed by atoms with E-state index in [9.17, 15) is 0 Å². The molecular weight excluding hydrogens is 222 g/mol. The van der Waals surface area contributed by atoms with Crippen LogP contribution >= 0.6 is 0 Å². The third-order valence-corrected chi connectivity index (χ3v) is 3.05. The van der Waals surface area contributed by atoms with Gasteiger partial charge in [-0.15, -0.1) is 0 Å². The predicted molar refractivity (Wildman–Crippen MR) is 76.5 cm³/mol. The molecule has 1 aromatic heterocycles. The van der Waals surface area contributed by atoms with Crippen LogP contribution in [0.25, 0.3) is 0 Å². The molecule has 0 aliphatic rings. The summed E-state index contributed by atoms with van der Waals surface area (Å²) < 4.78 is 0. The predicted octanol–water partition coefficient (Wildman–Crippen LogP) is 3.04. The van der Waals surface area contributed by atoms with E-state index < -0.39 is 0 Å². The fourth-order valence-corrected chi connectivity index (χ4v) is 1.82. The van der Waals surface area contributed by atoms with Crippen molar-refractivity contribution >= 4 is 0 Å². The summed E-state index contributed by atoms with van der Waals surface area (Å²) in [6.45, 7) is 10.9. The molecule has 1 unspecified atom stereocenters. The summed E-state index contributed by atoms with van der Waals surface area (Å²) in [6.07, 6.45) is 3.89. The number of rotatable bonds is 5. The molecule has 0 saturated heterocycles. The molecule has 2 N–H and O–H groups in total. The lowest BCUT2D eigenvalue weighted by Crippen LogP contribution is -2.22. The molecule has 0 bridgehead atoms. The zero-order valence-electron chi connectivity index (χ0n) is 12.5. The molecule has 3 heteroatoms. The highest BCUT2D eigenvalue weighted by atomic mass is 14.9. The molecule has 18 heavy (non-hydrogen) atoms. The molecule has 3 nitrogen and oxygen atoms in total. The SMILES string of the molecule is CCC(N)Cc1cc(C)nc(CCC(C)(C)C)n1. The Morgan fingerprint density at radius 2 is 1.94 bits per heavy atom. The van der Waals surface area contributed by atoms with Crippen LogP contribution in [0.5, 0.6) is 0 Å². The van der Waals surface area contributed by atoms with E-state index in [1.54, 1.807) is 0 Å². The quantitative estimate of drug-likeness (QED) is 0.872. The first kappa shape index (κ1) is 15.1. The van der Waals surface area contributed by atoms with E-state index in [0.717, 1.165) is 42.9 Å². The number of aryl methyl sites for hydroxylation is 2. The molecule has 1 atom stereocenters. The van der Waals surface area contributed by atoms with Gasteiger partial charge in [0, 0.05) is 30.3 Å². The van der Waals surface area contributed by atoms with Gasteiger partial charge in [0.1, 0.15) is 5.82 Å². The molecule has 0 aliphatic heterocycles. The Balaban J connectivity index is 2.74. The van der Waals surface area contributed by atoms with Crippen LogP contribution in [-0.4, -0.2) is 16.0 Å². The van der Waals surface area contributed by atoms with Crippen molar-refractivity contribution in [1.29, 1.82) is 0 Å². The average molecular weight is 249 g/mol. The Morgan fingerprint density at radius 1 is 1.28 bits per heavy atom. The molecule has 0 amide bonds. The molecule has 102 valence electrons. The van der Waals surface area contributed by atoms with Crippen LogP contribution in [0.3, 0.4) is 0 Å². The smallest absolute Gasteiger partial charge is 0.128 e. The van der Waals surface area contributed by atoms with E-state index in [-0.39, 0.29) is 6.04 Å². The summed E-state index contributed by atoms with van der Waals surface area (Å²) in [5.74, 6) is 0.961. The van der Waals surface area contributed by atoms with Gasteiger partial charge in [0.05, 0.1) is 0 Å². The molecule has 0 spiro atoms. The highest BCUT2D eigenvalue weighted by Gasteiger charge is 2.12. The summed E-state index contributed by atoms with van der Waals surface area (Å²) in [5.41, 5.74) is 8.45. The minimum atomic E-state index is 0.203. The van der Waals surface area contributed by atoms with Crippen LogP contribution in [0, 0.1) is 12.3 Å². The minimum absolute atomic E-state index is 0.203. The Morgan fingerprint density at radius 3 is 2.50 bits per heavy atom. The van der Waals surface area contributed by atoms with Crippen molar-refractivity contribution in [2.24, 2.45) is 11.1 Å². The van der Waals surface area contributed by atoms with Gasteiger partial charge in [0.15, 0.2) is 0 Å². The van der Waals surface area contributed by atoms with Crippen molar-refractivity contribution < 1.29 is 0 Å². The average Bonchev–Trinajstić information content (AvgIpc) is 2.24. The van der Waals surface area contributed by atoms with Gasteiger partial charge >= 0.3 is 0 Å². The van der Waals surface area contributed by atoms with Crippen molar-refractivity contribution in [2.75, 3.05) is 0 Å². The summed E-state index contributed by atoms with van der Waals surface area (Å²) >= 11 is 0. The zero-order valence-corrected chi connectivity index (χ0v) is 12.5. The van der Waals surface area contributed by atoms with Crippen molar-refractivity contribution in [1.82, 2.24) is 9.97 Å². The topological polar surface area (TPSA) is 51.8 Å². The van der Waals surface area contributed by atoms with Crippen LogP contribution in [0.2, 0.25) is 0 Å². The highest BCUT2D eigenvalue weighted by molar-refractivity contribution is 5.11. The normalized spacial score (nSPS) is 13.7. The van der Waals surface area contributed by atoms with E-state index in [0.29, 0.717) is 5.41 Å². The maximum absolute atomic E-state index is 5.99. The Kier molecular flexibility index (Phi) is 5.27. The standard InChI is InChI=1S/C15H27N3/c1-6-12(16)10-13-9-11(2)17-14(18-13)7-8-15(3,4)5/h9,12H,6-8,10,16H2,1-5H3. The Bertz CT molecular complexity index is 380. The molecule has 1 aromatic rings. The molecule has 1 heterocycles. The lowest BCUT2D eigenvalue weighted by molar-refractivity contribution is 0.374. The molecule has 0 aliphatic carbocycles. The van der Waals surface area contributed by atoms with Gasteiger partial charge in [-0.3, -0.25) is 0 Å². The first-order chi connectivity index (χ1) is 8.30. The van der Waals surface area contributed by atoms with E-state index in [1.165, 1.54) is 0 Å². The number of aromatic nitrogens is 2. The molecule has 0 radical (unpaired) electrons. The monoisotopic (exact) mass is 249 g/mol. The lowest BCUT2D eigenvalue weighted by atomic mass is 9.90. The fraction of sp³-hybridized carbons (Fsp3) is 0.733. The van der Waals surface area contributed by atoms with Crippen LogP contribution in [0.4, 0.5) is 0 Å². The zero-order chi connectivity index (χ0) is 13.8. The fourth-order valence-electron chi connectivity index (χ4n) is 1.82. The number of hydrogen-bond acceptors (Lipinski definition) is 3. The maximum Gasteiger partial charge on any atom is 0.128 e. The van der Waals surface area contributed by atoms with Gasteiger partial charge in [-0.05, 0) is 31.2 Å². The second-order valence-electron chi connectivity index (χ2n) is 6.35. The largest absolute Gasteiger partial charge is 0.327 e. The highest BCUT2D eigenvalue weighted by Crippen LogP contribution is 2.20. The van der Waals surface area contributed by atoms with Crippen LogP contribution in [0.15, 0.2) is 6.07 Å². The number of nitrogens with zero attached hydrogens (tertiary/aromatic N) is 2. The summed E-state index contributed by atoms with van der Waals surface area (Å²) in [4.78, 5) is 9.15. The van der Waals surface area contributed by atoms with E-state index in [1.807, 2.05) is 6.92 Å². The first-order valence-electron chi connectivity index (χ1n) is 6.89. The number of hydrogen-bond donors (Lipinski definition) is 1. The maximum atomic E-state index is 5.99. The van der Waals surface area contributed by atoms with Gasteiger partial charge in [0.25, 0.3) is 0 Å². The van der Waals surface area contributed by atoms with Crippen molar-refractivity contribution in [3.8, 4) is 0 Å². The second kappa shape index (κ2) is 6.28. The molecule has 1 rings (SSSR count). The van der Waals surface area contributed by atoms with E-state index >= 15 is 0 Å². The Labute approximate surface area is 111 Å². The van der Waals surface area contributed by atoms with E-state index in [4.69, 9.17) is 5.73 Å². The van der Waals surface area contributed by atoms with Crippen LogP contribution in [0.1, 0.15) is 57.7 Å². The van der Waals surface area contributed by atoms with Gasteiger partial charge in [-0.25, -0.2) is 9.97 Å². The van der Waals surface area contributed by atoms with Gasteiger partial charge in [0.2, 0.25) is 0 Å². The first-order valence-corrected chi connectivity index (χ1v) is 6.89. The second-order valence-corrected chi connectivity index (χ2v) is 6.35. The third kappa shape index (κ3) is 5.58. The molecule has 0 aromatic carbocycles. The summed E-state index contributed by atoms with van der Waals surface area (Å²) in [6, 6.07) is 2.26. The van der Waals surface area contributed by atoms with Crippen LogP contribution < -0.4 is 5.73 Å². The lowest BCUT2D eigenvalue weighted by Gasteiger charge is -2.17. The molecular formula is C15H27N3. The van der Waals surface area contributed by atoms with Crippen molar-refractivity contribution in [3.63, 3.8) is 0 Å². The van der Waals surface area contributed by atoms with Gasteiger partial charge in [-0.1, -0.05) is 27.7 Å². The van der Waals surface area contributed by atoms with Crippen molar-refractivity contribution in [3.05, 3.63) is 23.3 Å². The van der Waals surface area contributed by atoms with Gasteiger partial charge < -0.3 is 5.73 Å². The molecule has 0 saturated carbocycles. The van der Waals surface area contributed by atoms with Gasteiger partial charge in [-0.2, -0.15) is 0 Å². The molecule has 0 fully saturated rings.